The Morgan fingerprint density at radius 2 is 1.55 bits per heavy atom. The second kappa shape index (κ2) is 10.3. The van der Waals surface area contributed by atoms with Crippen LogP contribution in [0.15, 0.2) is 85.5 Å². The topological polar surface area (TPSA) is 57.4 Å². The van der Waals surface area contributed by atoms with Crippen LogP contribution in [0.5, 0.6) is 0 Å². The number of anilines is 1. The van der Waals surface area contributed by atoms with Gasteiger partial charge in [-0.05, 0) is 47.6 Å². The Hall–Kier alpha value is -3.62. The van der Waals surface area contributed by atoms with Crippen molar-refractivity contribution >= 4 is 5.69 Å². The normalized spacial score (nSPS) is 21.0. The van der Waals surface area contributed by atoms with Crippen molar-refractivity contribution < 1.29 is 13.9 Å². The van der Waals surface area contributed by atoms with Crippen LogP contribution in [-0.4, -0.2) is 57.5 Å². The molecule has 0 radical (unpaired) electrons. The number of hydrogen-bond donors (Lipinski definition) is 1. The summed E-state index contributed by atoms with van der Waals surface area (Å²) in [7, 11) is 0. The molecule has 3 heterocycles. The summed E-state index contributed by atoms with van der Waals surface area (Å²) < 4.78 is 29.9. The third-order valence-electron chi connectivity index (χ3n) is 7.92. The third kappa shape index (κ3) is 5.19. The second-order valence-corrected chi connectivity index (χ2v) is 10.7. The molecule has 2 aliphatic rings. The molecule has 1 aromatic heterocycles. The van der Waals surface area contributed by atoms with Crippen molar-refractivity contribution in [2.24, 2.45) is 11.8 Å². The average Bonchev–Trinajstić information content (AvgIpc) is 3.62. The van der Waals surface area contributed by atoms with E-state index in [9.17, 15) is 13.9 Å². The molecule has 2 fully saturated rings. The van der Waals surface area contributed by atoms with E-state index in [4.69, 9.17) is 0 Å². The van der Waals surface area contributed by atoms with Crippen LogP contribution in [0, 0.1) is 23.5 Å². The van der Waals surface area contributed by atoms with E-state index in [0.717, 1.165) is 38.7 Å². The minimum atomic E-state index is -1.57. The highest BCUT2D eigenvalue weighted by atomic mass is 19.1. The van der Waals surface area contributed by atoms with Crippen LogP contribution in [0.4, 0.5) is 14.5 Å². The molecule has 0 spiro atoms. The fourth-order valence-electron chi connectivity index (χ4n) is 6.13. The number of halogens is 2. The number of likely N-dealkylation sites (tertiary alicyclic amines) is 1. The van der Waals surface area contributed by atoms with Gasteiger partial charge in [0, 0.05) is 50.0 Å². The predicted octanol–water partition coefficient (Wildman–Crippen LogP) is 4.10. The second-order valence-electron chi connectivity index (χ2n) is 10.7. The van der Waals surface area contributed by atoms with Crippen molar-refractivity contribution in [2.45, 2.75) is 18.6 Å². The van der Waals surface area contributed by atoms with Gasteiger partial charge in [0.25, 0.3) is 0 Å². The minimum absolute atomic E-state index is 0.0306. The van der Waals surface area contributed by atoms with Crippen LogP contribution in [0.25, 0.3) is 0 Å². The average molecular weight is 516 g/mol. The lowest BCUT2D eigenvalue weighted by atomic mass is 9.92. The maximum Gasteiger partial charge on any atom is 0.137 e. The number of β-amino-alcohol motifs (C(OH)–C–C–N with tert-alkyl or cyclic N) is 1. The number of aromatic nitrogens is 3. The van der Waals surface area contributed by atoms with Crippen molar-refractivity contribution in [3.05, 3.63) is 114 Å². The summed E-state index contributed by atoms with van der Waals surface area (Å²) in [5.74, 6) is -0.493. The Labute approximate surface area is 221 Å². The molecule has 38 heavy (non-hydrogen) atoms. The summed E-state index contributed by atoms with van der Waals surface area (Å²) in [6.07, 6.45) is 3.80. The van der Waals surface area contributed by atoms with E-state index in [1.165, 1.54) is 46.3 Å². The SMILES string of the molecule is OC(CN1CC2CN(c3ccc(Cc4ccccc4)cc3)CC2C1)(Cn1cncn1)c1ccc(F)cc1F. The molecule has 1 N–H and O–H groups in total. The summed E-state index contributed by atoms with van der Waals surface area (Å²) in [6.45, 7) is 3.79. The number of benzene rings is 3. The maximum absolute atomic E-state index is 14.8. The van der Waals surface area contributed by atoms with E-state index in [0.29, 0.717) is 11.8 Å². The summed E-state index contributed by atoms with van der Waals surface area (Å²) in [6, 6.07) is 22.7. The smallest absolute Gasteiger partial charge is 0.137 e. The van der Waals surface area contributed by atoms with Gasteiger partial charge in [-0.15, -0.1) is 0 Å². The van der Waals surface area contributed by atoms with Gasteiger partial charge < -0.3 is 10.0 Å². The van der Waals surface area contributed by atoms with E-state index < -0.39 is 17.2 Å². The molecule has 4 aromatic rings. The molecule has 0 saturated carbocycles. The van der Waals surface area contributed by atoms with Crippen molar-refractivity contribution in [1.82, 2.24) is 19.7 Å². The molecular weight excluding hydrogens is 484 g/mol. The fourth-order valence-corrected chi connectivity index (χ4v) is 6.13. The van der Waals surface area contributed by atoms with E-state index in [2.05, 4.69) is 68.4 Å². The van der Waals surface area contributed by atoms with E-state index in [1.54, 1.807) is 0 Å². The van der Waals surface area contributed by atoms with Crippen LogP contribution < -0.4 is 4.90 Å². The van der Waals surface area contributed by atoms with Crippen molar-refractivity contribution in [3.8, 4) is 0 Å². The lowest BCUT2D eigenvalue weighted by Gasteiger charge is -2.34. The van der Waals surface area contributed by atoms with E-state index in [-0.39, 0.29) is 18.7 Å². The quantitative estimate of drug-likeness (QED) is 0.383. The number of aliphatic hydroxyl groups is 1. The van der Waals surface area contributed by atoms with Gasteiger partial charge in [0.15, 0.2) is 0 Å². The molecule has 2 saturated heterocycles. The fraction of sp³-hybridized carbons (Fsp3) is 0.333. The van der Waals surface area contributed by atoms with E-state index >= 15 is 0 Å². The van der Waals surface area contributed by atoms with Gasteiger partial charge in [-0.1, -0.05) is 48.5 Å². The van der Waals surface area contributed by atoms with Crippen LogP contribution in [0.1, 0.15) is 16.7 Å². The predicted molar refractivity (Wildman–Crippen MR) is 142 cm³/mol. The largest absolute Gasteiger partial charge is 0.382 e. The molecular formula is C30H31F2N5O. The van der Waals surface area contributed by atoms with Gasteiger partial charge >= 0.3 is 0 Å². The number of fused-ring (bicyclic) bond motifs is 1. The Morgan fingerprint density at radius 1 is 0.842 bits per heavy atom. The van der Waals surface area contributed by atoms with Crippen molar-refractivity contribution in [3.63, 3.8) is 0 Å². The molecule has 196 valence electrons. The summed E-state index contributed by atoms with van der Waals surface area (Å²) in [5, 5.41) is 15.8. The van der Waals surface area contributed by atoms with Gasteiger partial charge in [-0.2, -0.15) is 5.10 Å². The van der Waals surface area contributed by atoms with Crippen molar-refractivity contribution in [2.75, 3.05) is 37.6 Å². The zero-order valence-corrected chi connectivity index (χ0v) is 21.1. The monoisotopic (exact) mass is 515 g/mol. The Morgan fingerprint density at radius 3 is 2.21 bits per heavy atom. The number of nitrogens with zero attached hydrogens (tertiary/aromatic N) is 5. The highest BCUT2D eigenvalue weighted by Crippen LogP contribution is 2.36. The highest BCUT2D eigenvalue weighted by molar-refractivity contribution is 5.49. The molecule has 3 unspecified atom stereocenters. The first-order valence-corrected chi connectivity index (χ1v) is 13.1. The van der Waals surface area contributed by atoms with Crippen LogP contribution in [-0.2, 0) is 18.6 Å². The van der Waals surface area contributed by atoms with Gasteiger partial charge in [0.2, 0.25) is 0 Å². The van der Waals surface area contributed by atoms with Gasteiger partial charge in [-0.25, -0.2) is 18.4 Å². The summed E-state index contributed by atoms with van der Waals surface area (Å²) in [4.78, 5) is 8.59. The third-order valence-corrected chi connectivity index (χ3v) is 7.92. The first-order chi connectivity index (χ1) is 18.4. The van der Waals surface area contributed by atoms with Gasteiger partial charge in [0.1, 0.15) is 29.9 Å². The first-order valence-electron chi connectivity index (χ1n) is 13.1. The molecule has 8 heteroatoms. The summed E-state index contributed by atoms with van der Waals surface area (Å²) in [5.41, 5.74) is 2.34. The Kier molecular flexibility index (Phi) is 6.68. The van der Waals surface area contributed by atoms with Crippen molar-refractivity contribution in [1.29, 1.82) is 0 Å². The molecule has 6 nitrogen and oxygen atoms in total. The molecule has 0 amide bonds. The molecule has 2 aliphatic heterocycles. The summed E-state index contributed by atoms with van der Waals surface area (Å²) >= 11 is 0. The molecule has 3 aromatic carbocycles. The Bertz CT molecular complexity index is 1350. The van der Waals surface area contributed by atoms with Crippen LogP contribution >= 0.6 is 0 Å². The zero-order chi connectivity index (χ0) is 26.1. The zero-order valence-electron chi connectivity index (χ0n) is 21.1. The Balaban J connectivity index is 1.11. The molecule has 6 rings (SSSR count). The van der Waals surface area contributed by atoms with E-state index in [1.807, 2.05) is 6.07 Å². The molecule has 3 atom stereocenters. The maximum atomic E-state index is 14.8. The standard InChI is InChI=1S/C30H31F2N5O/c31-26-8-11-28(29(32)13-26)30(38,19-37-21-33-20-34-37)18-35-14-24-16-36(17-25(24)15-35)27-9-6-23(7-10-27)12-22-4-2-1-3-5-22/h1-11,13,20-21,24-25,38H,12,14-19H2. The lowest BCUT2D eigenvalue weighted by molar-refractivity contribution is -0.0178. The van der Waals surface area contributed by atoms with Crippen LogP contribution in [0.3, 0.4) is 0 Å². The lowest BCUT2D eigenvalue weighted by Crippen LogP contribution is -2.45. The number of hydrogen-bond acceptors (Lipinski definition) is 5. The van der Waals surface area contributed by atoms with Gasteiger partial charge in [0.05, 0.1) is 6.54 Å². The van der Waals surface area contributed by atoms with Gasteiger partial charge in [-0.3, -0.25) is 4.90 Å². The minimum Gasteiger partial charge on any atom is -0.382 e. The first kappa shape index (κ1) is 24.7. The molecule has 0 aliphatic carbocycles. The number of rotatable bonds is 8. The van der Waals surface area contributed by atoms with Crippen LogP contribution in [0.2, 0.25) is 0 Å². The molecule has 0 bridgehead atoms. The highest BCUT2D eigenvalue weighted by Gasteiger charge is 2.44.